The average molecular weight is 255 g/mol. The number of benzene rings is 1. The summed E-state index contributed by atoms with van der Waals surface area (Å²) in [5.41, 5.74) is 9.62. The summed E-state index contributed by atoms with van der Waals surface area (Å²) in [5, 5.41) is 11.8. The molecule has 0 aliphatic carbocycles. The molecule has 1 aromatic carbocycles. The summed E-state index contributed by atoms with van der Waals surface area (Å²) in [4.78, 5) is 7.92. The van der Waals surface area contributed by atoms with Gasteiger partial charge in [-0.2, -0.15) is 15.2 Å². The van der Waals surface area contributed by atoms with Crippen LogP contribution in [0.3, 0.4) is 0 Å². The third-order valence-corrected chi connectivity index (χ3v) is 2.45. The minimum absolute atomic E-state index is 0.137. The predicted octanol–water partition coefficient (Wildman–Crippen LogP) is 0.828. The molecule has 0 bridgehead atoms. The molecule has 96 valence electrons. The molecule has 2 aromatic rings. The summed E-state index contributed by atoms with van der Waals surface area (Å²) >= 11 is 0. The molecule has 0 saturated heterocycles. The van der Waals surface area contributed by atoms with E-state index < -0.39 is 0 Å². The lowest BCUT2D eigenvalue weighted by molar-refractivity contribution is 1.08. The zero-order valence-electron chi connectivity index (χ0n) is 10.1. The van der Waals surface area contributed by atoms with Crippen LogP contribution in [0.5, 0.6) is 0 Å². The Morgan fingerprint density at radius 2 is 1.84 bits per heavy atom. The number of rotatable bonds is 4. The van der Waals surface area contributed by atoms with Crippen molar-refractivity contribution in [1.29, 1.82) is 5.26 Å². The summed E-state index contributed by atoms with van der Waals surface area (Å²) in [6, 6.07) is 11.0. The maximum Gasteiger partial charge on any atom is 0.223 e. The lowest BCUT2D eigenvalue weighted by atomic mass is 10.1. The van der Waals surface area contributed by atoms with E-state index in [1.54, 1.807) is 18.2 Å². The highest BCUT2D eigenvalue weighted by Crippen LogP contribution is 2.13. The number of nitrogens with two attached hydrogens (primary N) is 2. The van der Waals surface area contributed by atoms with E-state index in [1.807, 2.05) is 12.1 Å². The van der Waals surface area contributed by atoms with E-state index in [0.717, 1.165) is 5.56 Å². The molecule has 0 amide bonds. The van der Waals surface area contributed by atoms with Crippen molar-refractivity contribution in [3.05, 3.63) is 41.5 Å². The Morgan fingerprint density at radius 1 is 1.16 bits per heavy atom. The normalized spacial score (nSPS) is 9.68. The van der Waals surface area contributed by atoms with E-state index in [2.05, 4.69) is 26.8 Å². The topological polar surface area (TPSA) is 126 Å². The molecule has 19 heavy (non-hydrogen) atoms. The van der Waals surface area contributed by atoms with Crippen molar-refractivity contribution in [3.8, 4) is 6.07 Å². The van der Waals surface area contributed by atoms with Crippen molar-refractivity contribution in [2.45, 2.75) is 6.54 Å². The van der Waals surface area contributed by atoms with Crippen molar-refractivity contribution in [2.24, 2.45) is 5.84 Å². The van der Waals surface area contributed by atoms with Crippen molar-refractivity contribution in [1.82, 2.24) is 9.97 Å². The fourth-order valence-electron chi connectivity index (χ4n) is 1.52. The highest BCUT2D eigenvalue weighted by molar-refractivity contribution is 5.50. The number of nitrogen functional groups attached to an aromatic ring is 2. The van der Waals surface area contributed by atoms with Gasteiger partial charge in [0.2, 0.25) is 5.95 Å². The quantitative estimate of drug-likeness (QED) is 0.470. The molecule has 2 rings (SSSR count). The molecular formula is C12H13N7. The second-order valence-electron chi connectivity index (χ2n) is 3.80. The number of nitrogens with one attached hydrogen (secondary N) is 2. The maximum absolute atomic E-state index is 8.71. The van der Waals surface area contributed by atoms with Crippen molar-refractivity contribution in [3.63, 3.8) is 0 Å². The molecule has 0 aliphatic rings. The molecule has 6 N–H and O–H groups in total. The van der Waals surface area contributed by atoms with E-state index in [1.165, 1.54) is 0 Å². The Balaban J connectivity index is 2.05. The van der Waals surface area contributed by atoms with Crippen molar-refractivity contribution >= 4 is 17.6 Å². The molecule has 0 unspecified atom stereocenters. The highest BCUT2D eigenvalue weighted by Gasteiger charge is 2.01. The minimum atomic E-state index is 0.137. The molecule has 0 spiro atoms. The second kappa shape index (κ2) is 5.66. The number of hydrogen-bond donors (Lipinski definition) is 4. The highest BCUT2D eigenvalue weighted by atomic mass is 15.3. The Bertz CT molecular complexity index is 600. The Morgan fingerprint density at radius 3 is 2.47 bits per heavy atom. The number of nitrogens with zero attached hydrogens (tertiary/aromatic N) is 3. The number of anilines is 3. The SMILES string of the molecule is N#Cc1ccc(CNc2cc(NN)nc(N)n2)cc1. The molecule has 0 saturated carbocycles. The maximum atomic E-state index is 8.71. The van der Waals surface area contributed by atoms with Crippen LogP contribution in [-0.2, 0) is 6.54 Å². The monoisotopic (exact) mass is 255 g/mol. The lowest BCUT2D eigenvalue weighted by Gasteiger charge is -2.08. The molecule has 0 aliphatic heterocycles. The zero-order chi connectivity index (χ0) is 13.7. The number of hydrazine groups is 1. The minimum Gasteiger partial charge on any atom is -0.368 e. The zero-order valence-corrected chi connectivity index (χ0v) is 10.1. The first-order chi connectivity index (χ1) is 9.21. The second-order valence-corrected chi connectivity index (χ2v) is 3.80. The van der Waals surface area contributed by atoms with Crippen LogP contribution in [0.4, 0.5) is 17.6 Å². The van der Waals surface area contributed by atoms with Gasteiger partial charge in [-0.3, -0.25) is 0 Å². The standard InChI is InChI=1S/C12H13N7/c13-6-8-1-3-9(4-2-8)7-16-10-5-11(19-15)18-12(14)17-10/h1-5H,7,15H2,(H4,14,16,17,18,19). The fourth-order valence-corrected chi connectivity index (χ4v) is 1.52. The van der Waals surface area contributed by atoms with E-state index in [0.29, 0.717) is 23.7 Å². The summed E-state index contributed by atoms with van der Waals surface area (Å²) in [7, 11) is 0. The van der Waals surface area contributed by atoms with Crippen LogP contribution in [0.15, 0.2) is 30.3 Å². The van der Waals surface area contributed by atoms with Crippen LogP contribution in [0.2, 0.25) is 0 Å². The van der Waals surface area contributed by atoms with Crippen molar-refractivity contribution < 1.29 is 0 Å². The molecule has 1 heterocycles. The fraction of sp³-hybridized carbons (Fsp3) is 0.0833. The van der Waals surface area contributed by atoms with Crippen LogP contribution in [0.1, 0.15) is 11.1 Å². The van der Waals surface area contributed by atoms with Gasteiger partial charge in [0.25, 0.3) is 0 Å². The third kappa shape index (κ3) is 3.31. The van der Waals surface area contributed by atoms with Gasteiger partial charge in [-0.25, -0.2) is 5.84 Å². The van der Waals surface area contributed by atoms with Crippen molar-refractivity contribution in [2.75, 3.05) is 16.5 Å². The van der Waals surface area contributed by atoms with E-state index in [4.69, 9.17) is 16.8 Å². The smallest absolute Gasteiger partial charge is 0.223 e. The van der Waals surface area contributed by atoms with Crippen LogP contribution in [0.25, 0.3) is 0 Å². The first-order valence-electron chi connectivity index (χ1n) is 5.55. The van der Waals surface area contributed by atoms with Crippen LogP contribution in [-0.4, -0.2) is 9.97 Å². The summed E-state index contributed by atoms with van der Waals surface area (Å²) in [6.07, 6.45) is 0. The van der Waals surface area contributed by atoms with Crippen LogP contribution >= 0.6 is 0 Å². The third-order valence-electron chi connectivity index (χ3n) is 2.45. The van der Waals surface area contributed by atoms with Gasteiger partial charge in [0.15, 0.2) is 0 Å². The molecular weight excluding hydrogens is 242 g/mol. The van der Waals surface area contributed by atoms with Gasteiger partial charge in [-0.15, -0.1) is 0 Å². The van der Waals surface area contributed by atoms with E-state index in [9.17, 15) is 0 Å². The lowest BCUT2D eigenvalue weighted by Crippen LogP contribution is -2.12. The number of aromatic nitrogens is 2. The summed E-state index contributed by atoms with van der Waals surface area (Å²) in [5.74, 6) is 6.42. The van der Waals surface area contributed by atoms with E-state index in [-0.39, 0.29) is 5.95 Å². The molecule has 0 radical (unpaired) electrons. The van der Waals surface area contributed by atoms with Gasteiger partial charge < -0.3 is 16.5 Å². The molecule has 1 aromatic heterocycles. The molecule has 0 fully saturated rings. The first-order valence-corrected chi connectivity index (χ1v) is 5.55. The van der Waals surface area contributed by atoms with Gasteiger partial charge in [0.1, 0.15) is 11.6 Å². The Kier molecular flexibility index (Phi) is 3.75. The van der Waals surface area contributed by atoms with Crippen LogP contribution < -0.4 is 22.3 Å². The average Bonchev–Trinajstić information content (AvgIpc) is 2.45. The summed E-state index contributed by atoms with van der Waals surface area (Å²) < 4.78 is 0. The van der Waals surface area contributed by atoms with Gasteiger partial charge in [-0.1, -0.05) is 12.1 Å². The van der Waals surface area contributed by atoms with Gasteiger partial charge in [0.05, 0.1) is 11.6 Å². The van der Waals surface area contributed by atoms with Gasteiger partial charge >= 0.3 is 0 Å². The first kappa shape index (κ1) is 12.6. The largest absolute Gasteiger partial charge is 0.368 e. The Hall–Kier alpha value is -2.85. The van der Waals surface area contributed by atoms with E-state index >= 15 is 0 Å². The summed E-state index contributed by atoms with van der Waals surface area (Å²) in [6.45, 7) is 0.562. The van der Waals surface area contributed by atoms with Gasteiger partial charge in [0, 0.05) is 12.6 Å². The Labute approximate surface area is 110 Å². The van der Waals surface area contributed by atoms with Gasteiger partial charge in [-0.05, 0) is 17.7 Å². The molecule has 7 heteroatoms. The predicted molar refractivity (Wildman–Crippen MR) is 72.7 cm³/mol. The van der Waals surface area contributed by atoms with Crippen LogP contribution in [0, 0.1) is 11.3 Å². The number of hydrogen-bond acceptors (Lipinski definition) is 7. The molecule has 7 nitrogen and oxygen atoms in total. The molecule has 0 atom stereocenters. The number of nitriles is 1.